The Labute approximate surface area is 161 Å². The van der Waals surface area contributed by atoms with Gasteiger partial charge in [0.25, 0.3) is 17.5 Å². The molecule has 1 N–H and O–H groups in total. The van der Waals surface area contributed by atoms with E-state index in [-0.39, 0.29) is 23.5 Å². The molecule has 3 rings (SSSR count). The molecule has 28 heavy (non-hydrogen) atoms. The first kappa shape index (κ1) is 19.1. The zero-order valence-corrected chi connectivity index (χ0v) is 15.5. The van der Waals surface area contributed by atoms with Gasteiger partial charge in [-0.25, -0.2) is 0 Å². The molecule has 0 fully saturated rings. The molecule has 0 bridgehead atoms. The fourth-order valence-electron chi connectivity index (χ4n) is 3.02. The topological polar surface area (TPSA) is 102 Å². The smallest absolute Gasteiger partial charge is 0.278 e. The lowest BCUT2D eigenvalue weighted by molar-refractivity contribution is -0.384. The number of anilines is 1. The number of nitrogens with zero attached hydrogens (tertiary/aromatic N) is 2. The number of imide groups is 1. The van der Waals surface area contributed by atoms with Crippen LogP contribution in [-0.2, 0) is 9.59 Å². The van der Waals surface area contributed by atoms with E-state index in [0.717, 1.165) is 0 Å². The van der Waals surface area contributed by atoms with Gasteiger partial charge in [-0.1, -0.05) is 19.1 Å². The van der Waals surface area contributed by atoms with Crippen molar-refractivity contribution in [2.45, 2.75) is 13.3 Å². The molecule has 0 spiro atoms. The van der Waals surface area contributed by atoms with Crippen molar-refractivity contribution < 1.29 is 19.2 Å². The molecule has 2 amide bonds. The highest BCUT2D eigenvalue weighted by Crippen LogP contribution is 2.33. The van der Waals surface area contributed by atoms with Crippen LogP contribution in [0.5, 0.6) is 5.75 Å². The molecule has 0 radical (unpaired) electrons. The first-order valence-corrected chi connectivity index (χ1v) is 8.73. The molecule has 8 nitrogen and oxygen atoms in total. The van der Waals surface area contributed by atoms with Crippen molar-refractivity contribution in [3.63, 3.8) is 0 Å². The van der Waals surface area contributed by atoms with E-state index in [1.165, 1.54) is 36.3 Å². The number of methoxy groups -OCH3 is 1. The average Bonchev–Trinajstić information content (AvgIpc) is 2.93. The van der Waals surface area contributed by atoms with Gasteiger partial charge in [0, 0.05) is 18.7 Å². The van der Waals surface area contributed by atoms with E-state index < -0.39 is 16.7 Å². The second-order valence-corrected chi connectivity index (χ2v) is 6.14. The minimum absolute atomic E-state index is 0.0919. The standard InChI is InChI=1S/C20H19N3O5/c1-3-12-22-19(24)17(13-8-10-14(11-9-13)23(26)27)18(20(22)25)21-15-6-4-5-7-16(15)28-2/h4-11,21H,3,12H2,1-2H3. The van der Waals surface area contributed by atoms with Gasteiger partial charge < -0.3 is 10.1 Å². The normalized spacial score (nSPS) is 13.9. The minimum Gasteiger partial charge on any atom is -0.495 e. The molecule has 0 saturated carbocycles. The molecule has 2 aromatic carbocycles. The highest BCUT2D eigenvalue weighted by atomic mass is 16.6. The number of nitro benzene ring substituents is 1. The molecule has 0 aromatic heterocycles. The van der Waals surface area contributed by atoms with E-state index in [2.05, 4.69) is 5.32 Å². The van der Waals surface area contributed by atoms with E-state index in [0.29, 0.717) is 23.4 Å². The molecular weight excluding hydrogens is 362 g/mol. The van der Waals surface area contributed by atoms with Crippen LogP contribution in [0.25, 0.3) is 5.57 Å². The number of rotatable bonds is 7. The molecule has 1 aliphatic rings. The number of nitrogens with one attached hydrogen (secondary N) is 1. The molecule has 0 aliphatic carbocycles. The lowest BCUT2D eigenvalue weighted by atomic mass is 10.0. The SMILES string of the molecule is CCCN1C(=O)C(Nc2ccccc2OC)=C(c2ccc([N+](=O)[O-])cc2)C1=O. The van der Waals surface area contributed by atoms with E-state index >= 15 is 0 Å². The zero-order valence-electron chi connectivity index (χ0n) is 15.5. The number of nitro groups is 1. The van der Waals surface area contributed by atoms with Crippen LogP contribution in [-0.4, -0.2) is 35.3 Å². The highest BCUT2D eigenvalue weighted by molar-refractivity contribution is 6.36. The van der Waals surface area contributed by atoms with Crippen LogP contribution in [0.2, 0.25) is 0 Å². The van der Waals surface area contributed by atoms with Crippen molar-refractivity contribution in [1.29, 1.82) is 0 Å². The summed E-state index contributed by atoms with van der Waals surface area (Å²) in [6.07, 6.45) is 0.618. The Morgan fingerprint density at radius 3 is 2.36 bits per heavy atom. The third-order valence-electron chi connectivity index (χ3n) is 4.35. The van der Waals surface area contributed by atoms with Crippen molar-refractivity contribution in [3.8, 4) is 5.75 Å². The van der Waals surface area contributed by atoms with Crippen molar-refractivity contribution >= 4 is 28.8 Å². The minimum atomic E-state index is -0.517. The third kappa shape index (κ3) is 3.44. The molecular formula is C20H19N3O5. The maximum absolute atomic E-state index is 12.9. The Balaban J connectivity index is 2.09. The summed E-state index contributed by atoms with van der Waals surface area (Å²) in [6, 6.07) is 12.6. The monoisotopic (exact) mass is 381 g/mol. The van der Waals surface area contributed by atoms with Crippen molar-refractivity contribution in [2.75, 3.05) is 19.0 Å². The Morgan fingerprint density at radius 2 is 1.75 bits per heavy atom. The summed E-state index contributed by atoms with van der Waals surface area (Å²) in [5.41, 5.74) is 1.18. The maximum atomic E-state index is 12.9. The average molecular weight is 381 g/mol. The Hall–Kier alpha value is -3.68. The number of non-ortho nitro benzene ring substituents is 1. The van der Waals surface area contributed by atoms with Crippen molar-refractivity contribution in [3.05, 3.63) is 69.9 Å². The summed E-state index contributed by atoms with van der Waals surface area (Å²) in [5, 5.41) is 13.9. The van der Waals surface area contributed by atoms with E-state index in [9.17, 15) is 19.7 Å². The number of amides is 2. The van der Waals surface area contributed by atoms with Gasteiger partial charge in [0.2, 0.25) is 0 Å². The summed E-state index contributed by atoms with van der Waals surface area (Å²) in [7, 11) is 1.51. The number of para-hydroxylation sites is 2. The number of ether oxygens (including phenoxy) is 1. The number of hydrogen-bond donors (Lipinski definition) is 1. The second kappa shape index (κ2) is 7.91. The number of carbonyl (C=O) groups is 2. The highest BCUT2D eigenvalue weighted by Gasteiger charge is 2.39. The van der Waals surface area contributed by atoms with Crippen molar-refractivity contribution in [1.82, 2.24) is 4.90 Å². The van der Waals surface area contributed by atoms with Gasteiger partial charge >= 0.3 is 0 Å². The Kier molecular flexibility index (Phi) is 5.39. The van der Waals surface area contributed by atoms with E-state index in [1.807, 2.05) is 6.92 Å². The van der Waals surface area contributed by atoms with Crippen LogP contribution in [0.4, 0.5) is 11.4 Å². The molecule has 0 saturated heterocycles. The van der Waals surface area contributed by atoms with Crippen LogP contribution in [0.1, 0.15) is 18.9 Å². The molecule has 0 unspecified atom stereocenters. The summed E-state index contributed by atoms with van der Waals surface area (Å²) in [6.45, 7) is 2.16. The zero-order chi connectivity index (χ0) is 20.3. The van der Waals surface area contributed by atoms with Gasteiger partial charge in [-0.2, -0.15) is 0 Å². The Bertz CT molecular complexity index is 966. The Morgan fingerprint density at radius 1 is 1.07 bits per heavy atom. The number of benzene rings is 2. The van der Waals surface area contributed by atoms with Crippen LogP contribution >= 0.6 is 0 Å². The summed E-state index contributed by atoms with van der Waals surface area (Å²) >= 11 is 0. The molecule has 0 atom stereocenters. The summed E-state index contributed by atoms with van der Waals surface area (Å²) in [5.74, 6) is -0.351. The van der Waals surface area contributed by atoms with Crippen LogP contribution in [0, 0.1) is 10.1 Å². The first-order chi connectivity index (χ1) is 13.5. The van der Waals surface area contributed by atoms with Gasteiger partial charge in [0.1, 0.15) is 11.4 Å². The third-order valence-corrected chi connectivity index (χ3v) is 4.35. The van der Waals surface area contributed by atoms with Gasteiger partial charge in [0.05, 0.1) is 23.3 Å². The molecule has 8 heteroatoms. The van der Waals surface area contributed by atoms with Crippen LogP contribution in [0.15, 0.2) is 54.2 Å². The fourth-order valence-corrected chi connectivity index (χ4v) is 3.02. The van der Waals surface area contributed by atoms with Gasteiger partial charge in [-0.05, 0) is 36.2 Å². The van der Waals surface area contributed by atoms with Crippen LogP contribution < -0.4 is 10.1 Å². The second-order valence-electron chi connectivity index (χ2n) is 6.14. The van der Waals surface area contributed by atoms with E-state index in [1.54, 1.807) is 24.3 Å². The van der Waals surface area contributed by atoms with Crippen molar-refractivity contribution in [2.24, 2.45) is 0 Å². The molecule has 2 aromatic rings. The fraction of sp³-hybridized carbons (Fsp3) is 0.200. The summed E-state index contributed by atoms with van der Waals surface area (Å²) < 4.78 is 5.31. The lowest BCUT2D eigenvalue weighted by Gasteiger charge is -2.14. The number of hydrogen-bond acceptors (Lipinski definition) is 6. The molecule has 1 aliphatic heterocycles. The van der Waals surface area contributed by atoms with Gasteiger partial charge in [0.15, 0.2) is 0 Å². The predicted molar refractivity (Wildman–Crippen MR) is 104 cm³/mol. The largest absolute Gasteiger partial charge is 0.495 e. The number of carbonyl (C=O) groups excluding carboxylic acids is 2. The molecule has 144 valence electrons. The van der Waals surface area contributed by atoms with E-state index in [4.69, 9.17) is 4.74 Å². The molecule has 1 heterocycles. The van der Waals surface area contributed by atoms with Gasteiger partial charge in [-0.15, -0.1) is 0 Å². The van der Waals surface area contributed by atoms with Crippen LogP contribution in [0.3, 0.4) is 0 Å². The lowest BCUT2D eigenvalue weighted by Crippen LogP contribution is -2.33. The van der Waals surface area contributed by atoms with Gasteiger partial charge in [-0.3, -0.25) is 24.6 Å². The first-order valence-electron chi connectivity index (χ1n) is 8.73. The predicted octanol–water partition coefficient (Wildman–Crippen LogP) is 3.21. The summed E-state index contributed by atoms with van der Waals surface area (Å²) in [4.78, 5) is 37.4. The quantitative estimate of drug-likeness (QED) is 0.449. The maximum Gasteiger partial charge on any atom is 0.278 e.